The molecule has 1 heterocycles. The molecule has 0 unspecified atom stereocenters. The molecule has 0 fully saturated rings. The summed E-state index contributed by atoms with van der Waals surface area (Å²) in [4.78, 5) is 15.2. The Labute approximate surface area is 186 Å². The molecule has 30 heavy (non-hydrogen) atoms. The molecular weight excluding hydrogens is 415 g/mol. The van der Waals surface area contributed by atoms with Crippen LogP contribution in [0.15, 0.2) is 72.4 Å². The van der Waals surface area contributed by atoms with Crippen molar-refractivity contribution >= 4 is 40.5 Å². The number of anilines is 2. The van der Waals surface area contributed by atoms with Crippen molar-refractivity contribution in [3.8, 4) is 0 Å². The van der Waals surface area contributed by atoms with Crippen molar-refractivity contribution in [2.45, 2.75) is 26.8 Å². The van der Waals surface area contributed by atoms with Crippen LogP contribution < -0.4 is 10.2 Å². The maximum absolute atomic E-state index is 13.4. The highest BCUT2D eigenvalue weighted by molar-refractivity contribution is 6.32. The van der Waals surface area contributed by atoms with E-state index in [0.717, 1.165) is 28.1 Å². The van der Waals surface area contributed by atoms with Crippen molar-refractivity contribution in [2.75, 3.05) is 10.2 Å². The molecule has 0 bridgehead atoms. The van der Waals surface area contributed by atoms with E-state index in [1.165, 1.54) is 5.56 Å². The molecule has 0 radical (unpaired) electrons. The van der Waals surface area contributed by atoms with Crippen molar-refractivity contribution < 1.29 is 4.79 Å². The molecule has 3 aromatic carbocycles. The van der Waals surface area contributed by atoms with E-state index in [9.17, 15) is 4.79 Å². The average Bonchev–Trinajstić information content (AvgIpc) is 3.04. The van der Waals surface area contributed by atoms with Crippen LogP contribution in [0, 0.1) is 20.8 Å². The molecule has 4 rings (SSSR count). The molecule has 0 saturated carbocycles. The summed E-state index contributed by atoms with van der Waals surface area (Å²) in [7, 11) is 0. The predicted octanol–water partition coefficient (Wildman–Crippen LogP) is 7.00. The Balaban J connectivity index is 1.74. The third-order valence-electron chi connectivity index (χ3n) is 5.36. The van der Waals surface area contributed by atoms with E-state index in [-0.39, 0.29) is 11.9 Å². The molecule has 0 aliphatic carbocycles. The summed E-state index contributed by atoms with van der Waals surface area (Å²) in [6.07, 6.45) is 1.95. The second-order valence-electron chi connectivity index (χ2n) is 7.63. The van der Waals surface area contributed by atoms with Gasteiger partial charge < -0.3 is 5.32 Å². The first-order chi connectivity index (χ1) is 14.3. The van der Waals surface area contributed by atoms with Crippen LogP contribution in [0.3, 0.4) is 0 Å². The fourth-order valence-electron chi connectivity index (χ4n) is 3.50. The minimum Gasteiger partial charge on any atom is -0.351 e. The van der Waals surface area contributed by atoms with Crippen molar-refractivity contribution in [2.24, 2.45) is 0 Å². The van der Waals surface area contributed by atoms with Crippen molar-refractivity contribution in [1.82, 2.24) is 0 Å². The molecule has 3 nitrogen and oxygen atoms in total. The van der Waals surface area contributed by atoms with Crippen LogP contribution in [-0.2, 0) is 4.79 Å². The Morgan fingerprint density at radius 3 is 2.10 bits per heavy atom. The molecule has 0 aromatic heterocycles. The Bertz CT molecular complexity index is 1150. The van der Waals surface area contributed by atoms with Gasteiger partial charge in [0.15, 0.2) is 0 Å². The van der Waals surface area contributed by atoms with Crippen LogP contribution in [0.25, 0.3) is 0 Å². The van der Waals surface area contributed by atoms with E-state index < -0.39 is 0 Å². The molecule has 1 aliphatic rings. The number of hydrogen-bond donors (Lipinski definition) is 1. The third kappa shape index (κ3) is 3.96. The lowest BCUT2D eigenvalue weighted by atomic mass is 10.0. The minimum atomic E-state index is -0.236. The summed E-state index contributed by atoms with van der Waals surface area (Å²) in [5.41, 5.74) is 6.21. The Kier molecular flexibility index (Phi) is 5.59. The summed E-state index contributed by atoms with van der Waals surface area (Å²) < 4.78 is 0. The van der Waals surface area contributed by atoms with E-state index in [1.807, 2.05) is 63.2 Å². The molecular formula is C25H22Cl2N2O. The second kappa shape index (κ2) is 8.17. The summed E-state index contributed by atoms with van der Waals surface area (Å²) in [6.45, 7) is 5.94. The number of carbonyl (C=O) groups excluding carboxylic acids is 1. The van der Waals surface area contributed by atoms with Crippen LogP contribution in [0.4, 0.5) is 11.4 Å². The summed E-state index contributed by atoms with van der Waals surface area (Å²) in [5.74, 6) is -0.114. The first kappa shape index (κ1) is 20.5. The quantitative estimate of drug-likeness (QED) is 0.477. The number of halogens is 2. The number of benzene rings is 3. The van der Waals surface area contributed by atoms with Gasteiger partial charge >= 0.3 is 0 Å². The number of carbonyl (C=O) groups is 1. The highest BCUT2D eigenvalue weighted by Crippen LogP contribution is 2.37. The van der Waals surface area contributed by atoms with Gasteiger partial charge in [-0.2, -0.15) is 0 Å². The Morgan fingerprint density at radius 2 is 1.47 bits per heavy atom. The SMILES string of the molecule is Cc1ccc([C@H]2C=C(Nc3ccc(C)c(Cl)c3)C(=O)N2c2ccc(C)c(Cl)c2)cc1. The lowest BCUT2D eigenvalue weighted by molar-refractivity contribution is -0.114. The smallest absolute Gasteiger partial charge is 0.275 e. The Morgan fingerprint density at radius 1 is 0.833 bits per heavy atom. The normalized spacial score (nSPS) is 16.0. The molecule has 1 N–H and O–H groups in total. The zero-order valence-electron chi connectivity index (χ0n) is 17.0. The van der Waals surface area contributed by atoms with E-state index in [1.54, 1.807) is 4.90 Å². The summed E-state index contributed by atoms with van der Waals surface area (Å²) >= 11 is 12.6. The van der Waals surface area contributed by atoms with E-state index in [2.05, 4.69) is 29.6 Å². The molecule has 152 valence electrons. The highest BCUT2D eigenvalue weighted by atomic mass is 35.5. The predicted molar refractivity (Wildman–Crippen MR) is 125 cm³/mol. The minimum absolute atomic E-state index is 0.114. The summed E-state index contributed by atoms with van der Waals surface area (Å²) in [6, 6.07) is 19.4. The number of hydrogen-bond acceptors (Lipinski definition) is 2. The maximum Gasteiger partial charge on any atom is 0.275 e. The van der Waals surface area contributed by atoms with Gasteiger partial charge in [-0.25, -0.2) is 0 Å². The molecule has 1 aliphatic heterocycles. The molecule has 1 amide bonds. The molecule has 3 aromatic rings. The van der Waals surface area contributed by atoms with Gasteiger partial charge in [0.25, 0.3) is 5.91 Å². The average molecular weight is 437 g/mol. The lowest BCUT2D eigenvalue weighted by Gasteiger charge is -2.26. The van der Waals surface area contributed by atoms with Gasteiger partial charge in [-0.15, -0.1) is 0 Å². The number of aryl methyl sites for hydroxylation is 3. The molecule has 0 saturated heterocycles. The van der Waals surface area contributed by atoms with Crippen LogP contribution in [0.2, 0.25) is 10.0 Å². The van der Waals surface area contributed by atoms with Gasteiger partial charge in [0, 0.05) is 21.4 Å². The number of nitrogens with zero attached hydrogens (tertiary/aromatic N) is 1. The zero-order chi connectivity index (χ0) is 21.4. The van der Waals surface area contributed by atoms with Gasteiger partial charge in [-0.3, -0.25) is 9.69 Å². The maximum atomic E-state index is 13.4. The highest BCUT2D eigenvalue weighted by Gasteiger charge is 2.35. The monoisotopic (exact) mass is 436 g/mol. The summed E-state index contributed by atoms with van der Waals surface area (Å²) in [5, 5.41) is 4.54. The van der Waals surface area contributed by atoms with Crippen LogP contribution in [0.1, 0.15) is 28.3 Å². The van der Waals surface area contributed by atoms with Crippen LogP contribution in [0.5, 0.6) is 0 Å². The number of amides is 1. The standard InChI is InChI=1S/C25H22Cl2N2O/c1-15-4-8-18(9-5-15)24-14-23(28-19-10-6-16(2)21(26)12-19)25(30)29(24)20-11-7-17(3)22(27)13-20/h4-14,24,28H,1-3H3/t24-/m1/s1. The van der Waals surface area contributed by atoms with Crippen LogP contribution in [-0.4, -0.2) is 5.91 Å². The Hall–Kier alpha value is -2.75. The zero-order valence-corrected chi connectivity index (χ0v) is 18.6. The van der Waals surface area contributed by atoms with Gasteiger partial charge in [-0.1, -0.05) is 65.2 Å². The lowest BCUT2D eigenvalue weighted by Crippen LogP contribution is -2.30. The second-order valence-corrected chi connectivity index (χ2v) is 8.45. The number of nitrogens with one attached hydrogen (secondary N) is 1. The number of rotatable bonds is 4. The molecule has 0 spiro atoms. The first-order valence-electron chi connectivity index (χ1n) is 9.75. The van der Waals surface area contributed by atoms with E-state index >= 15 is 0 Å². The fraction of sp³-hybridized carbons (Fsp3) is 0.160. The van der Waals surface area contributed by atoms with Gasteiger partial charge in [-0.05, 0) is 67.8 Å². The fourth-order valence-corrected chi connectivity index (χ4v) is 3.85. The molecule has 5 heteroatoms. The van der Waals surface area contributed by atoms with Gasteiger partial charge in [0.1, 0.15) is 5.70 Å². The van der Waals surface area contributed by atoms with Crippen molar-refractivity contribution in [1.29, 1.82) is 0 Å². The van der Waals surface area contributed by atoms with E-state index in [0.29, 0.717) is 15.7 Å². The molecule has 1 atom stereocenters. The topological polar surface area (TPSA) is 32.3 Å². The van der Waals surface area contributed by atoms with Gasteiger partial charge in [0.05, 0.1) is 6.04 Å². The van der Waals surface area contributed by atoms with Crippen LogP contribution >= 0.6 is 23.2 Å². The van der Waals surface area contributed by atoms with E-state index in [4.69, 9.17) is 23.2 Å². The van der Waals surface area contributed by atoms with Crippen molar-refractivity contribution in [3.63, 3.8) is 0 Å². The van der Waals surface area contributed by atoms with Crippen molar-refractivity contribution in [3.05, 3.63) is 105 Å². The van der Waals surface area contributed by atoms with Gasteiger partial charge in [0.2, 0.25) is 0 Å². The first-order valence-corrected chi connectivity index (χ1v) is 10.5. The largest absolute Gasteiger partial charge is 0.351 e. The third-order valence-corrected chi connectivity index (χ3v) is 6.17.